The van der Waals surface area contributed by atoms with Crippen LogP contribution in [0.25, 0.3) is 5.65 Å². The molecule has 2 aromatic heterocycles. The molecule has 3 aromatic rings. The van der Waals surface area contributed by atoms with Gasteiger partial charge in [0.1, 0.15) is 11.6 Å². The fourth-order valence-corrected chi connectivity index (χ4v) is 3.37. The monoisotopic (exact) mass is 353 g/mol. The molecule has 0 unspecified atom stereocenters. The van der Waals surface area contributed by atoms with Gasteiger partial charge in [-0.25, -0.2) is 0 Å². The summed E-state index contributed by atoms with van der Waals surface area (Å²) in [4.78, 5) is 4.55. The molecule has 7 nitrogen and oxygen atoms in total. The van der Waals surface area contributed by atoms with Gasteiger partial charge in [-0.05, 0) is 49.9 Å². The smallest absolute Gasteiger partial charge is 0.247 e. The van der Waals surface area contributed by atoms with E-state index in [0.717, 1.165) is 48.6 Å². The Bertz CT molecular complexity index is 887. The zero-order valence-corrected chi connectivity index (χ0v) is 14.7. The number of benzene rings is 1. The first-order valence-electron chi connectivity index (χ1n) is 8.93. The van der Waals surface area contributed by atoms with Gasteiger partial charge in [0.25, 0.3) is 0 Å². The SMILES string of the molecule is COc1ccccc1Nc1nc2cccc(NC3CCC(O)CC3)n2n1. The third kappa shape index (κ3) is 3.43. The molecule has 26 heavy (non-hydrogen) atoms. The molecule has 136 valence electrons. The molecule has 0 saturated heterocycles. The lowest BCUT2D eigenvalue weighted by molar-refractivity contribution is 0.126. The van der Waals surface area contributed by atoms with Crippen molar-refractivity contribution in [3.63, 3.8) is 0 Å². The molecular weight excluding hydrogens is 330 g/mol. The lowest BCUT2D eigenvalue weighted by Gasteiger charge is -2.26. The number of rotatable bonds is 5. The summed E-state index contributed by atoms with van der Waals surface area (Å²) in [7, 11) is 1.64. The number of anilines is 3. The molecule has 2 heterocycles. The van der Waals surface area contributed by atoms with Crippen molar-refractivity contribution in [3.05, 3.63) is 42.5 Å². The van der Waals surface area contributed by atoms with Crippen LogP contribution in [0.5, 0.6) is 5.75 Å². The summed E-state index contributed by atoms with van der Waals surface area (Å²) in [6.45, 7) is 0. The summed E-state index contributed by atoms with van der Waals surface area (Å²) in [6, 6.07) is 13.9. The molecule has 0 radical (unpaired) electrons. The first-order valence-corrected chi connectivity index (χ1v) is 8.93. The van der Waals surface area contributed by atoms with Gasteiger partial charge in [0.15, 0.2) is 5.65 Å². The number of methoxy groups -OCH3 is 1. The van der Waals surface area contributed by atoms with Gasteiger partial charge in [0.05, 0.1) is 18.9 Å². The van der Waals surface area contributed by atoms with Crippen LogP contribution in [0.2, 0.25) is 0 Å². The van der Waals surface area contributed by atoms with Crippen LogP contribution < -0.4 is 15.4 Å². The zero-order valence-electron chi connectivity index (χ0n) is 14.7. The highest BCUT2D eigenvalue weighted by Gasteiger charge is 2.20. The zero-order chi connectivity index (χ0) is 17.9. The van der Waals surface area contributed by atoms with E-state index in [2.05, 4.69) is 20.7 Å². The number of aliphatic hydroxyl groups excluding tert-OH is 1. The van der Waals surface area contributed by atoms with Gasteiger partial charge < -0.3 is 20.5 Å². The molecule has 0 aliphatic heterocycles. The molecule has 4 rings (SSSR count). The topological polar surface area (TPSA) is 83.7 Å². The van der Waals surface area contributed by atoms with E-state index in [1.54, 1.807) is 7.11 Å². The number of ether oxygens (including phenoxy) is 1. The quantitative estimate of drug-likeness (QED) is 0.653. The van der Waals surface area contributed by atoms with Crippen LogP contribution in [0, 0.1) is 0 Å². The fourth-order valence-electron chi connectivity index (χ4n) is 3.37. The number of aromatic nitrogens is 3. The first kappa shape index (κ1) is 16.7. The largest absolute Gasteiger partial charge is 0.495 e. The van der Waals surface area contributed by atoms with E-state index in [0.29, 0.717) is 12.0 Å². The standard InChI is InChI=1S/C19H23N5O2/c1-26-16-6-3-2-5-15(16)21-19-22-18-8-4-7-17(24(18)23-19)20-13-9-11-14(25)12-10-13/h2-8,13-14,20,25H,9-12H2,1H3,(H,21,23). The van der Waals surface area contributed by atoms with Crippen LogP contribution in [0.1, 0.15) is 25.7 Å². The van der Waals surface area contributed by atoms with Gasteiger partial charge in [-0.15, -0.1) is 5.10 Å². The van der Waals surface area contributed by atoms with Crippen LogP contribution in [-0.2, 0) is 0 Å². The Hall–Kier alpha value is -2.80. The Kier molecular flexibility index (Phi) is 4.62. The van der Waals surface area contributed by atoms with Gasteiger partial charge in [0.2, 0.25) is 5.95 Å². The summed E-state index contributed by atoms with van der Waals surface area (Å²) < 4.78 is 7.18. The van der Waals surface area contributed by atoms with Crippen molar-refractivity contribution in [2.45, 2.75) is 37.8 Å². The average Bonchev–Trinajstić information content (AvgIpc) is 3.07. The van der Waals surface area contributed by atoms with Gasteiger partial charge >= 0.3 is 0 Å². The van der Waals surface area contributed by atoms with Crippen molar-refractivity contribution < 1.29 is 9.84 Å². The van der Waals surface area contributed by atoms with Crippen LogP contribution in [-0.4, -0.2) is 39.0 Å². The molecule has 1 saturated carbocycles. The Morgan fingerprint density at radius 2 is 1.88 bits per heavy atom. The van der Waals surface area contributed by atoms with Crippen molar-refractivity contribution in [1.82, 2.24) is 14.6 Å². The second-order valence-corrected chi connectivity index (χ2v) is 6.59. The highest BCUT2D eigenvalue weighted by molar-refractivity contribution is 5.64. The normalized spacial score (nSPS) is 20.1. The Morgan fingerprint density at radius 3 is 2.69 bits per heavy atom. The van der Waals surface area contributed by atoms with E-state index in [-0.39, 0.29) is 6.10 Å². The van der Waals surface area contributed by atoms with E-state index in [9.17, 15) is 5.11 Å². The highest BCUT2D eigenvalue weighted by Crippen LogP contribution is 2.27. The number of pyridine rings is 1. The van der Waals surface area contributed by atoms with Crippen molar-refractivity contribution in [3.8, 4) is 5.75 Å². The number of hydrogen-bond acceptors (Lipinski definition) is 6. The second-order valence-electron chi connectivity index (χ2n) is 6.59. The van der Waals surface area contributed by atoms with E-state index < -0.39 is 0 Å². The second kappa shape index (κ2) is 7.21. The summed E-state index contributed by atoms with van der Waals surface area (Å²) in [5.74, 6) is 2.16. The van der Waals surface area contributed by atoms with Gasteiger partial charge in [-0.3, -0.25) is 0 Å². The fraction of sp³-hybridized carbons (Fsp3) is 0.368. The van der Waals surface area contributed by atoms with E-state index in [4.69, 9.17) is 4.74 Å². The summed E-state index contributed by atoms with van der Waals surface area (Å²) >= 11 is 0. The number of para-hydroxylation sites is 2. The van der Waals surface area contributed by atoms with Gasteiger partial charge in [0, 0.05) is 6.04 Å². The van der Waals surface area contributed by atoms with E-state index >= 15 is 0 Å². The lowest BCUT2D eigenvalue weighted by atomic mass is 9.93. The predicted octanol–water partition coefficient (Wildman–Crippen LogP) is 3.20. The number of fused-ring (bicyclic) bond motifs is 1. The summed E-state index contributed by atoms with van der Waals surface area (Å²) in [6.07, 6.45) is 3.43. The molecule has 0 atom stereocenters. The number of nitrogens with one attached hydrogen (secondary N) is 2. The average molecular weight is 353 g/mol. The molecule has 0 bridgehead atoms. The van der Waals surface area contributed by atoms with Crippen LogP contribution in [0.15, 0.2) is 42.5 Å². The van der Waals surface area contributed by atoms with E-state index in [1.807, 2.05) is 47.0 Å². The maximum absolute atomic E-state index is 9.68. The van der Waals surface area contributed by atoms with Crippen molar-refractivity contribution in [2.24, 2.45) is 0 Å². The molecule has 7 heteroatoms. The predicted molar refractivity (Wildman–Crippen MR) is 101 cm³/mol. The van der Waals surface area contributed by atoms with Crippen molar-refractivity contribution in [1.29, 1.82) is 0 Å². The number of nitrogens with zero attached hydrogens (tertiary/aromatic N) is 3. The first-order chi connectivity index (χ1) is 12.7. The molecule has 1 fully saturated rings. The molecule has 1 aromatic carbocycles. The number of hydrogen-bond donors (Lipinski definition) is 3. The van der Waals surface area contributed by atoms with Crippen LogP contribution in [0.3, 0.4) is 0 Å². The molecule has 1 aliphatic carbocycles. The molecular formula is C19H23N5O2. The minimum absolute atomic E-state index is 0.160. The molecule has 0 spiro atoms. The van der Waals surface area contributed by atoms with Crippen molar-refractivity contribution in [2.75, 3.05) is 17.7 Å². The molecule has 1 aliphatic rings. The maximum Gasteiger partial charge on any atom is 0.247 e. The number of aliphatic hydroxyl groups is 1. The molecule has 0 amide bonds. The van der Waals surface area contributed by atoms with Gasteiger partial charge in [-0.1, -0.05) is 18.2 Å². The molecule has 3 N–H and O–H groups in total. The van der Waals surface area contributed by atoms with E-state index in [1.165, 1.54) is 0 Å². The van der Waals surface area contributed by atoms with Gasteiger partial charge in [-0.2, -0.15) is 9.50 Å². The summed E-state index contributed by atoms with van der Waals surface area (Å²) in [5.41, 5.74) is 1.59. The van der Waals surface area contributed by atoms with Crippen molar-refractivity contribution >= 4 is 23.1 Å². The lowest BCUT2D eigenvalue weighted by Crippen LogP contribution is -2.29. The Balaban J connectivity index is 1.57. The maximum atomic E-state index is 9.68. The van der Waals surface area contributed by atoms with Crippen LogP contribution in [0.4, 0.5) is 17.5 Å². The third-order valence-electron chi connectivity index (χ3n) is 4.76. The minimum atomic E-state index is -0.160. The Morgan fingerprint density at radius 1 is 1.08 bits per heavy atom. The Labute approximate surface area is 152 Å². The van der Waals surface area contributed by atoms with Crippen LogP contribution >= 0.6 is 0 Å². The minimum Gasteiger partial charge on any atom is -0.495 e. The third-order valence-corrected chi connectivity index (χ3v) is 4.76. The highest BCUT2D eigenvalue weighted by atomic mass is 16.5. The summed E-state index contributed by atoms with van der Waals surface area (Å²) in [5, 5.41) is 21.0.